The fourth-order valence-electron chi connectivity index (χ4n) is 1.62. The van der Waals surface area contributed by atoms with Crippen molar-refractivity contribution in [1.82, 2.24) is 15.3 Å². The molecule has 1 rings (SSSR count). The van der Waals surface area contributed by atoms with Crippen LogP contribution in [-0.4, -0.2) is 60.4 Å². The molecule has 0 saturated carbocycles. The molecule has 0 aromatic carbocycles. The zero-order valence-corrected chi connectivity index (χ0v) is 10.9. The van der Waals surface area contributed by atoms with E-state index in [0.29, 0.717) is 11.4 Å². The average molecular weight is 252 g/mol. The summed E-state index contributed by atoms with van der Waals surface area (Å²) in [7, 11) is 2.08. The number of amides is 1. The number of nitrogens with one attached hydrogen (secondary N) is 1. The summed E-state index contributed by atoms with van der Waals surface area (Å²) in [4.78, 5) is 19.7. The summed E-state index contributed by atoms with van der Waals surface area (Å²) >= 11 is 0. The largest absolute Gasteiger partial charge is 0.355 e. The van der Waals surface area contributed by atoms with E-state index >= 15 is 0 Å². The smallest absolute Gasteiger partial charge is 0.275 e. The van der Waals surface area contributed by atoms with Gasteiger partial charge in [-0.2, -0.15) is 0 Å². The fraction of sp³-hybridized carbons (Fsp3) is 0.500. The van der Waals surface area contributed by atoms with E-state index in [1.165, 1.54) is 6.21 Å². The molecule has 2 N–H and O–H groups in total. The standard InChI is InChI=1S/C12H20N4O2/c1-4-11(12(17)14-18)9-13-10(2)16-7-5-15(3)6-8-16/h4,9,18H,2,5-8H2,1,3H3,(H,14,17)/b11-4+,13-9-. The third-order valence-corrected chi connectivity index (χ3v) is 2.90. The van der Waals surface area contributed by atoms with Gasteiger partial charge in [-0.3, -0.25) is 10.0 Å². The van der Waals surface area contributed by atoms with Crippen LogP contribution in [-0.2, 0) is 4.79 Å². The third-order valence-electron chi connectivity index (χ3n) is 2.90. The summed E-state index contributed by atoms with van der Waals surface area (Å²) in [6.45, 7) is 9.29. The van der Waals surface area contributed by atoms with Crippen LogP contribution >= 0.6 is 0 Å². The lowest BCUT2D eigenvalue weighted by atomic mass is 10.2. The minimum absolute atomic E-state index is 0.299. The summed E-state index contributed by atoms with van der Waals surface area (Å²) in [5, 5.41) is 8.54. The number of likely N-dealkylation sites (N-methyl/N-ethyl adjacent to an activating group) is 1. The number of nitrogens with zero attached hydrogens (tertiary/aromatic N) is 3. The Morgan fingerprint density at radius 3 is 2.50 bits per heavy atom. The Balaban J connectivity index is 2.56. The number of allylic oxidation sites excluding steroid dienone is 1. The molecular weight excluding hydrogens is 232 g/mol. The molecule has 0 atom stereocenters. The van der Waals surface area contributed by atoms with E-state index in [4.69, 9.17) is 5.21 Å². The van der Waals surface area contributed by atoms with E-state index in [2.05, 4.69) is 28.4 Å². The van der Waals surface area contributed by atoms with Gasteiger partial charge in [0, 0.05) is 32.4 Å². The van der Waals surface area contributed by atoms with Crippen LogP contribution in [0.4, 0.5) is 0 Å². The van der Waals surface area contributed by atoms with Crippen LogP contribution in [0.5, 0.6) is 0 Å². The molecule has 1 aliphatic rings. The molecule has 1 heterocycles. The molecule has 0 aromatic heterocycles. The number of aliphatic imine (C=N–C) groups is 1. The lowest BCUT2D eigenvalue weighted by Crippen LogP contribution is -2.43. The number of hydroxylamine groups is 1. The molecule has 6 nitrogen and oxygen atoms in total. The zero-order valence-electron chi connectivity index (χ0n) is 10.9. The molecule has 0 radical (unpaired) electrons. The molecular formula is C12H20N4O2. The maximum Gasteiger partial charge on any atom is 0.275 e. The van der Waals surface area contributed by atoms with Crippen LogP contribution in [0.1, 0.15) is 6.92 Å². The zero-order chi connectivity index (χ0) is 13.5. The number of rotatable bonds is 4. The van der Waals surface area contributed by atoms with E-state index in [1.54, 1.807) is 18.5 Å². The Bertz CT molecular complexity index is 368. The van der Waals surface area contributed by atoms with E-state index in [1.807, 2.05) is 0 Å². The van der Waals surface area contributed by atoms with Gasteiger partial charge in [0.15, 0.2) is 0 Å². The Labute approximate surface area is 107 Å². The predicted octanol–water partition coefficient (Wildman–Crippen LogP) is 0.228. The van der Waals surface area contributed by atoms with Crippen molar-refractivity contribution in [1.29, 1.82) is 0 Å². The maximum absolute atomic E-state index is 11.2. The SMILES string of the molecule is C=C(/N=C\C(=C/C)C(=O)NO)N1CCN(C)CC1. The van der Waals surface area contributed by atoms with Gasteiger partial charge in [0.05, 0.1) is 5.57 Å². The summed E-state index contributed by atoms with van der Waals surface area (Å²) < 4.78 is 0. The van der Waals surface area contributed by atoms with Crippen molar-refractivity contribution < 1.29 is 10.0 Å². The van der Waals surface area contributed by atoms with Crippen LogP contribution < -0.4 is 5.48 Å². The number of hydrogen-bond acceptors (Lipinski definition) is 5. The van der Waals surface area contributed by atoms with Gasteiger partial charge in [-0.25, -0.2) is 10.5 Å². The number of piperazine rings is 1. The van der Waals surface area contributed by atoms with Gasteiger partial charge in [-0.1, -0.05) is 12.7 Å². The van der Waals surface area contributed by atoms with Crippen molar-refractivity contribution >= 4 is 12.1 Å². The topological polar surface area (TPSA) is 68.2 Å². The third kappa shape index (κ3) is 3.97. The van der Waals surface area contributed by atoms with E-state index in [0.717, 1.165) is 26.2 Å². The van der Waals surface area contributed by atoms with Crippen LogP contribution in [0.3, 0.4) is 0 Å². The summed E-state index contributed by atoms with van der Waals surface area (Å²) in [5.74, 6) is 0.0561. The van der Waals surface area contributed by atoms with Crippen molar-refractivity contribution in [2.75, 3.05) is 33.2 Å². The highest BCUT2D eigenvalue weighted by molar-refractivity contribution is 6.11. The number of carbonyl (C=O) groups excluding carboxylic acids is 1. The van der Waals surface area contributed by atoms with Crippen LogP contribution in [0.2, 0.25) is 0 Å². The average Bonchev–Trinajstić information content (AvgIpc) is 2.39. The first-order valence-corrected chi connectivity index (χ1v) is 5.85. The van der Waals surface area contributed by atoms with Gasteiger partial charge in [0.2, 0.25) is 0 Å². The highest BCUT2D eigenvalue weighted by Gasteiger charge is 2.14. The number of carbonyl (C=O) groups is 1. The minimum atomic E-state index is -0.576. The monoisotopic (exact) mass is 252 g/mol. The van der Waals surface area contributed by atoms with Crippen molar-refractivity contribution in [3.8, 4) is 0 Å². The maximum atomic E-state index is 11.2. The first-order valence-electron chi connectivity index (χ1n) is 5.85. The Kier molecular flexibility index (Phi) is 5.54. The van der Waals surface area contributed by atoms with E-state index in [9.17, 15) is 4.79 Å². The highest BCUT2D eigenvalue weighted by atomic mass is 16.5. The van der Waals surface area contributed by atoms with Gasteiger partial charge < -0.3 is 9.80 Å². The lowest BCUT2D eigenvalue weighted by molar-refractivity contribution is -0.124. The fourth-order valence-corrected chi connectivity index (χ4v) is 1.62. The lowest BCUT2D eigenvalue weighted by Gasteiger charge is -2.33. The van der Waals surface area contributed by atoms with Gasteiger partial charge in [0.1, 0.15) is 5.82 Å². The molecule has 0 unspecified atom stereocenters. The van der Waals surface area contributed by atoms with Crippen molar-refractivity contribution in [3.05, 3.63) is 24.0 Å². The number of hydrogen-bond donors (Lipinski definition) is 2. The molecule has 1 aliphatic heterocycles. The predicted molar refractivity (Wildman–Crippen MR) is 70.4 cm³/mol. The van der Waals surface area contributed by atoms with Crippen LogP contribution in [0, 0.1) is 0 Å². The Hall–Kier alpha value is -1.66. The molecule has 1 fully saturated rings. The second-order valence-electron chi connectivity index (χ2n) is 4.15. The normalized spacial score (nSPS) is 18.2. The van der Waals surface area contributed by atoms with Crippen LogP contribution in [0.15, 0.2) is 29.0 Å². The van der Waals surface area contributed by atoms with Gasteiger partial charge in [0.25, 0.3) is 5.91 Å². The van der Waals surface area contributed by atoms with Crippen molar-refractivity contribution in [2.24, 2.45) is 4.99 Å². The highest BCUT2D eigenvalue weighted by Crippen LogP contribution is 2.08. The van der Waals surface area contributed by atoms with Crippen molar-refractivity contribution in [3.63, 3.8) is 0 Å². The van der Waals surface area contributed by atoms with Gasteiger partial charge in [-0.15, -0.1) is 0 Å². The molecule has 18 heavy (non-hydrogen) atoms. The molecule has 0 spiro atoms. The summed E-state index contributed by atoms with van der Waals surface area (Å²) in [6.07, 6.45) is 2.98. The minimum Gasteiger partial charge on any atom is -0.355 e. The molecule has 1 amide bonds. The summed E-state index contributed by atoms with van der Waals surface area (Å²) in [6, 6.07) is 0. The van der Waals surface area contributed by atoms with Gasteiger partial charge in [-0.05, 0) is 14.0 Å². The van der Waals surface area contributed by atoms with E-state index in [-0.39, 0.29) is 0 Å². The second-order valence-corrected chi connectivity index (χ2v) is 4.15. The summed E-state index contributed by atoms with van der Waals surface area (Å²) in [5.41, 5.74) is 1.88. The first-order chi connectivity index (χ1) is 8.58. The van der Waals surface area contributed by atoms with Gasteiger partial charge >= 0.3 is 0 Å². The van der Waals surface area contributed by atoms with Crippen molar-refractivity contribution in [2.45, 2.75) is 6.92 Å². The molecule has 0 aliphatic carbocycles. The Morgan fingerprint density at radius 1 is 1.39 bits per heavy atom. The quantitative estimate of drug-likeness (QED) is 0.325. The Morgan fingerprint density at radius 2 is 2.00 bits per heavy atom. The molecule has 1 saturated heterocycles. The van der Waals surface area contributed by atoms with Crippen LogP contribution in [0.25, 0.3) is 0 Å². The van der Waals surface area contributed by atoms with E-state index < -0.39 is 5.91 Å². The molecule has 6 heteroatoms. The molecule has 0 aromatic rings. The molecule has 0 bridgehead atoms. The molecule has 100 valence electrons. The second kappa shape index (κ2) is 6.93. The first kappa shape index (κ1) is 14.4.